The number of anilines is 2. The second kappa shape index (κ2) is 7.67. The van der Waals surface area contributed by atoms with Gasteiger partial charge in [0.15, 0.2) is 0 Å². The number of carboxylic acids is 1. The number of carboxylic acid groups (broad SMARTS) is 1. The number of nitrogens with zero attached hydrogens (tertiary/aromatic N) is 2. The molecule has 0 saturated carbocycles. The van der Waals surface area contributed by atoms with Gasteiger partial charge in [0.25, 0.3) is 0 Å². The first-order valence-electron chi connectivity index (χ1n) is 9.16. The molecule has 0 unspecified atom stereocenters. The van der Waals surface area contributed by atoms with Gasteiger partial charge in [-0.1, -0.05) is 23.2 Å². The van der Waals surface area contributed by atoms with E-state index in [1.165, 1.54) is 10.6 Å². The number of fused-ring (bicyclic) bond motifs is 1. The zero-order chi connectivity index (χ0) is 22.6. The Labute approximate surface area is 184 Å². The fourth-order valence-corrected chi connectivity index (χ4v) is 4.41. The number of nitrogens with two attached hydrogens (primary N) is 2. The molecular weight excluding hydrogens is 453 g/mol. The quantitative estimate of drug-likeness (QED) is 0.507. The number of carbonyl (C=O) groups is 1. The second-order valence-corrected chi connectivity index (χ2v) is 8.07. The molecule has 7 nitrogen and oxygen atoms in total. The lowest BCUT2D eigenvalue weighted by atomic mass is 10.1. The summed E-state index contributed by atoms with van der Waals surface area (Å²) in [6.45, 7) is 0.800. The summed E-state index contributed by atoms with van der Waals surface area (Å²) in [6, 6.07) is 2.90. The topological polar surface area (TPSA) is 115 Å². The normalized spacial score (nSPS) is 16.3. The van der Waals surface area contributed by atoms with Gasteiger partial charge in [-0.2, -0.15) is 0 Å². The van der Waals surface area contributed by atoms with Crippen LogP contribution in [0.3, 0.4) is 0 Å². The van der Waals surface area contributed by atoms with Crippen molar-refractivity contribution in [3.05, 3.63) is 61.9 Å². The van der Waals surface area contributed by atoms with Crippen LogP contribution in [0.1, 0.15) is 16.8 Å². The molecule has 0 amide bonds. The molecule has 1 saturated heterocycles. The van der Waals surface area contributed by atoms with Crippen molar-refractivity contribution >= 4 is 51.4 Å². The number of benzene rings is 2. The van der Waals surface area contributed by atoms with Crippen molar-refractivity contribution in [3.8, 4) is 5.69 Å². The summed E-state index contributed by atoms with van der Waals surface area (Å²) < 4.78 is 30.1. The smallest absolute Gasteiger partial charge is 0.341 e. The Bertz CT molecular complexity index is 1310. The van der Waals surface area contributed by atoms with Crippen LogP contribution >= 0.6 is 23.2 Å². The summed E-state index contributed by atoms with van der Waals surface area (Å²) in [6.07, 6.45) is 1.63. The van der Waals surface area contributed by atoms with E-state index in [4.69, 9.17) is 34.7 Å². The van der Waals surface area contributed by atoms with Crippen LogP contribution in [0.2, 0.25) is 10.0 Å². The Morgan fingerprint density at radius 2 is 1.90 bits per heavy atom. The van der Waals surface area contributed by atoms with Crippen molar-refractivity contribution < 1.29 is 18.7 Å². The summed E-state index contributed by atoms with van der Waals surface area (Å²) in [5, 5.41) is 8.97. The molecule has 11 heteroatoms. The van der Waals surface area contributed by atoms with Crippen LogP contribution in [-0.2, 0) is 0 Å². The van der Waals surface area contributed by atoms with E-state index in [0.29, 0.717) is 19.5 Å². The second-order valence-electron chi connectivity index (χ2n) is 7.28. The number of nitrogen functional groups attached to an aromatic ring is 1. The molecule has 0 aliphatic carbocycles. The Balaban J connectivity index is 2.14. The average molecular weight is 469 g/mol. The number of rotatable bonds is 3. The van der Waals surface area contributed by atoms with Crippen molar-refractivity contribution in [2.24, 2.45) is 5.73 Å². The highest BCUT2D eigenvalue weighted by Gasteiger charge is 2.28. The maximum absolute atomic E-state index is 15.0. The van der Waals surface area contributed by atoms with Crippen molar-refractivity contribution in [1.29, 1.82) is 0 Å². The molecule has 0 radical (unpaired) electrons. The molecule has 2 aromatic carbocycles. The zero-order valence-electron chi connectivity index (χ0n) is 15.8. The minimum atomic E-state index is -1.53. The van der Waals surface area contributed by atoms with Gasteiger partial charge in [-0.15, -0.1) is 0 Å². The highest BCUT2D eigenvalue weighted by Crippen LogP contribution is 2.39. The van der Waals surface area contributed by atoms with E-state index in [2.05, 4.69) is 0 Å². The van der Waals surface area contributed by atoms with E-state index >= 15 is 4.39 Å². The molecule has 1 fully saturated rings. The maximum Gasteiger partial charge on any atom is 0.341 e. The minimum absolute atomic E-state index is 0.0152. The van der Waals surface area contributed by atoms with Crippen molar-refractivity contribution in [2.45, 2.75) is 12.5 Å². The Morgan fingerprint density at radius 1 is 1.19 bits per heavy atom. The van der Waals surface area contributed by atoms with Gasteiger partial charge >= 0.3 is 5.97 Å². The highest BCUT2D eigenvalue weighted by atomic mass is 35.5. The Morgan fingerprint density at radius 3 is 2.52 bits per heavy atom. The molecule has 31 heavy (non-hydrogen) atoms. The number of aromatic nitrogens is 1. The summed E-state index contributed by atoms with van der Waals surface area (Å²) in [7, 11) is 0. The van der Waals surface area contributed by atoms with Gasteiger partial charge in [0.1, 0.15) is 17.2 Å². The van der Waals surface area contributed by atoms with Crippen LogP contribution in [0.5, 0.6) is 0 Å². The number of halogens is 4. The molecule has 1 aliphatic heterocycles. The lowest BCUT2D eigenvalue weighted by Gasteiger charge is -2.23. The highest BCUT2D eigenvalue weighted by molar-refractivity contribution is 6.38. The maximum atomic E-state index is 15.0. The third kappa shape index (κ3) is 3.48. The number of pyridine rings is 1. The van der Waals surface area contributed by atoms with Crippen LogP contribution < -0.4 is 21.8 Å². The summed E-state index contributed by atoms with van der Waals surface area (Å²) in [5.74, 6) is -3.10. The fraction of sp³-hybridized carbons (Fsp3) is 0.200. The van der Waals surface area contributed by atoms with Gasteiger partial charge in [0.2, 0.25) is 5.43 Å². The molecule has 0 spiro atoms. The first-order chi connectivity index (χ1) is 14.6. The van der Waals surface area contributed by atoms with Crippen LogP contribution in [-0.4, -0.2) is 34.8 Å². The van der Waals surface area contributed by atoms with Gasteiger partial charge in [0.05, 0.1) is 38.0 Å². The van der Waals surface area contributed by atoms with Crippen molar-refractivity contribution in [3.63, 3.8) is 0 Å². The van der Waals surface area contributed by atoms with E-state index in [-0.39, 0.29) is 44.1 Å². The monoisotopic (exact) mass is 468 g/mol. The lowest BCUT2D eigenvalue weighted by Crippen LogP contribution is -2.27. The Kier molecular flexibility index (Phi) is 5.28. The minimum Gasteiger partial charge on any atom is -0.477 e. The molecule has 162 valence electrons. The van der Waals surface area contributed by atoms with E-state index in [1.54, 1.807) is 4.90 Å². The fourth-order valence-electron chi connectivity index (χ4n) is 3.77. The van der Waals surface area contributed by atoms with Crippen LogP contribution in [0.15, 0.2) is 29.2 Å². The van der Waals surface area contributed by atoms with Gasteiger partial charge in [-0.3, -0.25) is 4.79 Å². The summed E-state index contributed by atoms with van der Waals surface area (Å²) >= 11 is 12.8. The largest absolute Gasteiger partial charge is 0.477 e. The van der Waals surface area contributed by atoms with E-state index < -0.39 is 28.6 Å². The van der Waals surface area contributed by atoms with Crippen molar-refractivity contribution in [2.75, 3.05) is 23.7 Å². The molecule has 1 aliphatic rings. The van der Waals surface area contributed by atoms with Gasteiger partial charge in [-0.05, 0) is 24.6 Å². The number of hydrogen-bond donors (Lipinski definition) is 3. The van der Waals surface area contributed by atoms with E-state index in [0.717, 1.165) is 18.3 Å². The molecule has 1 aromatic heterocycles. The van der Waals surface area contributed by atoms with Gasteiger partial charge in [-0.25, -0.2) is 13.6 Å². The van der Waals surface area contributed by atoms with Crippen molar-refractivity contribution in [1.82, 2.24) is 4.57 Å². The third-order valence-electron chi connectivity index (χ3n) is 5.25. The van der Waals surface area contributed by atoms with Crippen LogP contribution in [0.4, 0.5) is 20.2 Å². The molecule has 0 bridgehead atoms. The van der Waals surface area contributed by atoms with E-state index in [9.17, 15) is 19.1 Å². The molecule has 5 N–H and O–H groups in total. The van der Waals surface area contributed by atoms with Crippen LogP contribution in [0, 0.1) is 11.6 Å². The SMILES string of the molecule is Nc1cc(-n2cc(C(=O)O)c(=O)c3cc(F)c(N4CC[C@H](N)C4)c(Cl)c32)c(Cl)cc1F. The predicted molar refractivity (Wildman–Crippen MR) is 116 cm³/mol. The standard InChI is InChI=1S/C20H16Cl2F2N4O3/c21-11-4-12(23)14(26)5-15(11)28-7-10(20(30)31)19(29)9-3-13(24)18(16(22)17(9)28)27-2-1-8(25)6-27/h3-5,7-8H,1-2,6,25-26H2,(H,30,31)/t8-/m0/s1. The zero-order valence-corrected chi connectivity index (χ0v) is 17.3. The van der Waals surface area contributed by atoms with E-state index in [1.807, 2.05) is 0 Å². The molecule has 1 atom stereocenters. The van der Waals surface area contributed by atoms with Crippen LogP contribution in [0.25, 0.3) is 16.6 Å². The first-order valence-corrected chi connectivity index (χ1v) is 9.91. The third-order valence-corrected chi connectivity index (χ3v) is 5.91. The lowest BCUT2D eigenvalue weighted by molar-refractivity contribution is 0.0695. The van der Waals surface area contributed by atoms with Gasteiger partial charge < -0.3 is 26.0 Å². The number of aromatic carboxylic acids is 1. The Hall–Kier alpha value is -2.88. The first kappa shape index (κ1) is 21.4. The predicted octanol–water partition coefficient (Wildman–Crippen LogP) is 3.39. The molecule has 4 rings (SSSR count). The summed E-state index contributed by atoms with van der Waals surface area (Å²) in [5.41, 5.74) is 9.90. The average Bonchev–Trinajstić information content (AvgIpc) is 3.11. The van der Waals surface area contributed by atoms with Gasteiger partial charge in [0, 0.05) is 25.3 Å². The molecule has 2 heterocycles. The summed E-state index contributed by atoms with van der Waals surface area (Å²) in [4.78, 5) is 26.1. The molecular formula is C20H16Cl2F2N4O3. The number of hydrogen-bond acceptors (Lipinski definition) is 5. The molecule has 3 aromatic rings.